The normalized spacial score (nSPS) is 10.2. The van der Waals surface area contributed by atoms with Crippen LogP contribution >= 0.6 is 11.3 Å². The average molecular weight is 366 g/mol. The van der Waals surface area contributed by atoms with Gasteiger partial charge in [0, 0.05) is 12.0 Å². The number of benzene rings is 2. The molecular formula is C20H18N2O3S. The summed E-state index contributed by atoms with van der Waals surface area (Å²) in [5, 5.41) is 1.80. The van der Waals surface area contributed by atoms with Crippen molar-refractivity contribution < 1.29 is 14.3 Å². The maximum atomic E-state index is 12.1. The van der Waals surface area contributed by atoms with E-state index in [1.807, 2.05) is 18.2 Å². The van der Waals surface area contributed by atoms with Crippen LogP contribution in [-0.2, 0) is 6.42 Å². The maximum absolute atomic E-state index is 12.1. The molecule has 6 heteroatoms. The molecule has 0 spiro atoms. The molecule has 0 fully saturated rings. The van der Waals surface area contributed by atoms with E-state index in [9.17, 15) is 9.59 Å². The summed E-state index contributed by atoms with van der Waals surface area (Å²) in [6.07, 6.45) is 0.817. The van der Waals surface area contributed by atoms with Gasteiger partial charge in [-0.3, -0.25) is 20.4 Å². The number of nitrogens with one attached hydrogen (secondary N) is 2. The van der Waals surface area contributed by atoms with Crippen LogP contribution in [0.4, 0.5) is 0 Å². The Balaban J connectivity index is 1.46. The molecule has 1 aromatic heterocycles. The van der Waals surface area contributed by atoms with Crippen molar-refractivity contribution in [3.63, 3.8) is 0 Å². The number of ether oxygens (including phenoxy) is 1. The van der Waals surface area contributed by atoms with Crippen LogP contribution in [0.5, 0.6) is 5.75 Å². The highest BCUT2D eigenvalue weighted by atomic mass is 32.1. The summed E-state index contributed by atoms with van der Waals surface area (Å²) in [5.74, 6) is -0.0277. The van der Waals surface area contributed by atoms with Crippen LogP contribution in [0.25, 0.3) is 0 Å². The first kappa shape index (κ1) is 17.7. The lowest BCUT2D eigenvalue weighted by atomic mass is 10.2. The molecule has 1 heterocycles. The molecule has 0 radical (unpaired) electrons. The predicted molar refractivity (Wildman–Crippen MR) is 101 cm³/mol. The van der Waals surface area contributed by atoms with Gasteiger partial charge in [0.15, 0.2) is 0 Å². The number of hydrazine groups is 1. The maximum Gasteiger partial charge on any atom is 0.279 e. The van der Waals surface area contributed by atoms with Gasteiger partial charge in [-0.2, -0.15) is 0 Å². The molecule has 2 aromatic carbocycles. The summed E-state index contributed by atoms with van der Waals surface area (Å²) in [4.78, 5) is 24.4. The smallest absolute Gasteiger partial charge is 0.279 e. The quantitative estimate of drug-likeness (QED) is 0.657. The molecule has 0 aliphatic rings. The second-order valence-corrected chi connectivity index (χ2v) is 6.44. The molecule has 26 heavy (non-hydrogen) atoms. The van der Waals surface area contributed by atoms with Crippen LogP contribution in [0, 0.1) is 0 Å². The molecule has 0 bridgehead atoms. The average Bonchev–Trinajstić information content (AvgIpc) is 3.22. The van der Waals surface area contributed by atoms with E-state index < -0.39 is 0 Å². The fourth-order valence-electron chi connectivity index (χ4n) is 2.29. The largest absolute Gasteiger partial charge is 0.493 e. The summed E-state index contributed by atoms with van der Waals surface area (Å²) in [6, 6.07) is 20.3. The fraction of sp³-hybridized carbons (Fsp3) is 0.100. The molecule has 0 aliphatic carbocycles. The van der Waals surface area contributed by atoms with Gasteiger partial charge in [-0.25, -0.2) is 0 Å². The summed E-state index contributed by atoms with van der Waals surface area (Å²) in [6.45, 7) is 0.562. The van der Waals surface area contributed by atoms with Crippen molar-refractivity contribution in [2.24, 2.45) is 0 Å². The van der Waals surface area contributed by atoms with Crippen LogP contribution in [0.1, 0.15) is 25.6 Å². The Bertz CT molecular complexity index is 847. The van der Waals surface area contributed by atoms with Crippen LogP contribution in [0.2, 0.25) is 0 Å². The molecule has 0 saturated carbocycles. The standard InChI is InChI=1S/C20H18N2O3S/c23-19(21-22-20(24)18-7-4-14-26-18)16-8-10-17(11-9-16)25-13-12-15-5-2-1-3-6-15/h1-11,14H,12-13H2,(H,21,23)(H,22,24). The molecule has 0 saturated heterocycles. The Morgan fingerprint density at radius 1 is 0.846 bits per heavy atom. The first-order valence-electron chi connectivity index (χ1n) is 8.13. The zero-order valence-electron chi connectivity index (χ0n) is 14.0. The lowest BCUT2D eigenvalue weighted by Gasteiger charge is -2.08. The minimum atomic E-state index is -0.384. The first-order chi connectivity index (χ1) is 12.7. The molecule has 0 atom stereocenters. The van der Waals surface area contributed by atoms with Crippen molar-refractivity contribution in [2.45, 2.75) is 6.42 Å². The van der Waals surface area contributed by atoms with Gasteiger partial charge in [-0.05, 0) is 41.3 Å². The Labute approximate surface area is 155 Å². The van der Waals surface area contributed by atoms with Gasteiger partial charge in [-0.15, -0.1) is 11.3 Å². The molecule has 132 valence electrons. The Hall–Kier alpha value is -3.12. The van der Waals surface area contributed by atoms with Crippen LogP contribution in [0.3, 0.4) is 0 Å². The van der Waals surface area contributed by atoms with Crippen molar-refractivity contribution in [1.29, 1.82) is 0 Å². The number of hydrogen-bond donors (Lipinski definition) is 2. The van der Waals surface area contributed by atoms with E-state index in [4.69, 9.17) is 4.74 Å². The van der Waals surface area contributed by atoms with Crippen molar-refractivity contribution >= 4 is 23.2 Å². The van der Waals surface area contributed by atoms with Crippen molar-refractivity contribution in [2.75, 3.05) is 6.61 Å². The van der Waals surface area contributed by atoms with Crippen molar-refractivity contribution in [3.8, 4) is 5.75 Å². The van der Waals surface area contributed by atoms with E-state index in [-0.39, 0.29) is 11.8 Å². The molecule has 2 N–H and O–H groups in total. The third-order valence-electron chi connectivity index (χ3n) is 3.65. The zero-order valence-corrected chi connectivity index (χ0v) is 14.8. The number of hydrogen-bond acceptors (Lipinski definition) is 4. The minimum absolute atomic E-state index is 0.339. The fourth-order valence-corrected chi connectivity index (χ4v) is 2.91. The number of carbonyl (C=O) groups excluding carboxylic acids is 2. The number of carbonyl (C=O) groups is 2. The first-order valence-corrected chi connectivity index (χ1v) is 9.01. The third-order valence-corrected chi connectivity index (χ3v) is 4.52. The predicted octanol–water partition coefficient (Wildman–Crippen LogP) is 3.44. The van der Waals surface area contributed by atoms with Crippen LogP contribution in [0.15, 0.2) is 72.1 Å². The lowest BCUT2D eigenvalue weighted by Crippen LogP contribution is -2.41. The van der Waals surface area contributed by atoms with E-state index in [2.05, 4.69) is 23.0 Å². The lowest BCUT2D eigenvalue weighted by molar-refractivity contribution is 0.0849. The van der Waals surface area contributed by atoms with E-state index in [1.165, 1.54) is 16.9 Å². The molecule has 3 rings (SSSR count). The minimum Gasteiger partial charge on any atom is -0.493 e. The van der Waals surface area contributed by atoms with Gasteiger partial charge in [-0.1, -0.05) is 36.4 Å². The van der Waals surface area contributed by atoms with Crippen LogP contribution < -0.4 is 15.6 Å². The zero-order chi connectivity index (χ0) is 18.2. The van der Waals surface area contributed by atoms with E-state index in [0.29, 0.717) is 22.8 Å². The summed E-state index contributed by atoms with van der Waals surface area (Å²) in [5.41, 5.74) is 6.44. The highest BCUT2D eigenvalue weighted by molar-refractivity contribution is 7.12. The van der Waals surface area contributed by atoms with Crippen LogP contribution in [-0.4, -0.2) is 18.4 Å². The van der Waals surface area contributed by atoms with Gasteiger partial charge in [0.25, 0.3) is 11.8 Å². The highest BCUT2D eigenvalue weighted by Gasteiger charge is 2.09. The molecule has 0 unspecified atom stereocenters. The van der Waals surface area contributed by atoms with E-state index in [0.717, 1.165) is 6.42 Å². The second kappa shape index (κ2) is 8.82. The summed E-state index contributed by atoms with van der Waals surface area (Å²) < 4.78 is 5.69. The van der Waals surface area contributed by atoms with Gasteiger partial charge in [0.2, 0.25) is 0 Å². The number of rotatable bonds is 6. The highest BCUT2D eigenvalue weighted by Crippen LogP contribution is 2.13. The van der Waals surface area contributed by atoms with E-state index >= 15 is 0 Å². The van der Waals surface area contributed by atoms with Gasteiger partial charge in [0.1, 0.15) is 5.75 Å². The third kappa shape index (κ3) is 4.94. The number of amides is 2. The second-order valence-electron chi connectivity index (χ2n) is 5.49. The van der Waals surface area contributed by atoms with Crippen molar-refractivity contribution in [1.82, 2.24) is 10.9 Å². The molecule has 2 amide bonds. The molecule has 5 nitrogen and oxygen atoms in total. The van der Waals surface area contributed by atoms with Gasteiger partial charge >= 0.3 is 0 Å². The Kier molecular flexibility index (Phi) is 6.01. The van der Waals surface area contributed by atoms with E-state index in [1.54, 1.807) is 41.8 Å². The summed E-state index contributed by atoms with van der Waals surface area (Å²) >= 11 is 1.31. The molecule has 0 aliphatic heterocycles. The monoisotopic (exact) mass is 366 g/mol. The van der Waals surface area contributed by atoms with Gasteiger partial charge in [0.05, 0.1) is 11.5 Å². The summed E-state index contributed by atoms with van der Waals surface area (Å²) in [7, 11) is 0. The van der Waals surface area contributed by atoms with Gasteiger partial charge < -0.3 is 4.74 Å². The van der Waals surface area contributed by atoms with Crippen molar-refractivity contribution in [3.05, 3.63) is 88.1 Å². The Morgan fingerprint density at radius 2 is 1.58 bits per heavy atom. The Morgan fingerprint density at radius 3 is 2.27 bits per heavy atom. The number of thiophene rings is 1. The topological polar surface area (TPSA) is 67.4 Å². The molecular weight excluding hydrogens is 348 g/mol. The molecule has 3 aromatic rings. The SMILES string of the molecule is O=C(NNC(=O)c1cccs1)c1ccc(OCCc2ccccc2)cc1.